The molecule has 2 bridgehead atoms. The molecule has 0 aliphatic carbocycles. The molecule has 25 heavy (non-hydrogen) atoms. The minimum atomic E-state index is -1.06. The Labute approximate surface area is 147 Å². The highest BCUT2D eigenvalue weighted by atomic mass is 17.0. The van der Waals surface area contributed by atoms with Crippen molar-refractivity contribution in [2.24, 2.45) is 5.41 Å². The zero-order valence-electron chi connectivity index (χ0n) is 14.1. The van der Waals surface area contributed by atoms with E-state index in [1.165, 1.54) is 0 Å². The fourth-order valence-corrected chi connectivity index (χ4v) is 4.79. The van der Waals surface area contributed by atoms with Gasteiger partial charge in [-0.3, -0.25) is 4.84 Å². The molecule has 0 saturated carbocycles. The van der Waals surface area contributed by atoms with Gasteiger partial charge in [0.1, 0.15) is 0 Å². The van der Waals surface area contributed by atoms with Crippen molar-refractivity contribution in [3.63, 3.8) is 0 Å². The second-order valence-electron chi connectivity index (χ2n) is 7.10. The van der Waals surface area contributed by atoms with E-state index in [1.54, 1.807) is 0 Å². The molecule has 3 saturated heterocycles. The van der Waals surface area contributed by atoms with Gasteiger partial charge in [-0.1, -0.05) is 60.7 Å². The fraction of sp³-hybridized carbons (Fsp3) is 0.400. The summed E-state index contributed by atoms with van der Waals surface area (Å²) in [7, 11) is 0. The van der Waals surface area contributed by atoms with Crippen LogP contribution in [0, 0.1) is 15.5 Å². The lowest BCUT2D eigenvalue weighted by Gasteiger charge is -2.57. The van der Waals surface area contributed by atoms with Crippen molar-refractivity contribution >= 4 is 0 Å². The number of hydrogen-bond donors (Lipinski definition) is 0. The van der Waals surface area contributed by atoms with Crippen LogP contribution in [-0.4, -0.2) is 29.6 Å². The maximum Gasteiger partial charge on any atom is 0.295 e. The smallest absolute Gasteiger partial charge is 0.295 e. The van der Waals surface area contributed by atoms with Gasteiger partial charge in [0.25, 0.3) is 5.09 Å². The van der Waals surface area contributed by atoms with Gasteiger partial charge in [0, 0.05) is 5.41 Å². The Balaban J connectivity index is 1.97. The molecule has 0 unspecified atom stereocenters. The Morgan fingerprint density at radius 2 is 1.32 bits per heavy atom. The monoisotopic (exact) mass is 338 g/mol. The van der Waals surface area contributed by atoms with E-state index in [0.717, 1.165) is 50.0 Å². The van der Waals surface area contributed by atoms with Crippen molar-refractivity contribution in [1.82, 2.24) is 4.90 Å². The standard InChI is InChI=1S/C20H22N2O3/c23-22(24)25-20(17-7-3-1-4-8-17,18-9-5-2-6-10-18)19-11-14-21(15-12-19)16-13-19/h1-10H,11-16H2. The summed E-state index contributed by atoms with van der Waals surface area (Å²) < 4.78 is 0. The summed E-state index contributed by atoms with van der Waals surface area (Å²) in [5.74, 6) is 0. The molecule has 0 aromatic heterocycles. The summed E-state index contributed by atoms with van der Waals surface area (Å²) in [5, 5.41) is 11.0. The quantitative estimate of drug-likeness (QED) is 0.617. The summed E-state index contributed by atoms with van der Waals surface area (Å²) in [6.07, 6.45) is 2.72. The Bertz CT molecular complexity index is 687. The van der Waals surface area contributed by atoms with Crippen LogP contribution < -0.4 is 0 Å². The normalized spacial score (nSPS) is 25.5. The van der Waals surface area contributed by atoms with Crippen LogP contribution in [0.3, 0.4) is 0 Å². The Hall–Kier alpha value is -2.40. The van der Waals surface area contributed by atoms with Gasteiger partial charge in [0.2, 0.25) is 0 Å². The molecule has 3 aliphatic rings. The molecule has 2 aromatic rings. The zero-order chi connectivity index (χ0) is 17.3. The average Bonchev–Trinajstić information content (AvgIpc) is 2.68. The highest BCUT2D eigenvalue weighted by molar-refractivity contribution is 5.40. The lowest BCUT2D eigenvalue weighted by Crippen LogP contribution is -2.59. The Morgan fingerprint density at radius 1 is 0.880 bits per heavy atom. The van der Waals surface area contributed by atoms with Crippen LogP contribution in [0.25, 0.3) is 0 Å². The van der Waals surface area contributed by atoms with Crippen LogP contribution in [-0.2, 0) is 10.4 Å². The van der Waals surface area contributed by atoms with Gasteiger partial charge in [0.15, 0.2) is 5.60 Å². The first-order valence-corrected chi connectivity index (χ1v) is 8.83. The Morgan fingerprint density at radius 3 is 1.72 bits per heavy atom. The number of rotatable bonds is 5. The van der Waals surface area contributed by atoms with Crippen LogP contribution in [0.2, 0.25) is 0 Å². The van der Waals surface area contributed by atoms with Crippen LogP contribution in [0.4, 0.5) is 0 Å². The topological polar surface area (TPSA) is 55.6 Å². The summed E-state index contributed by atoms with van der Waals surface area (Å²) in [4.78, 5) is 19.8. The third kappa shape index (κ3) is 2.50. The highest BCUT2D eigenvalue weighted by Crippen LogP contribution is 2.57. The summed E-state index contributed by atoms with van der Waals surface area (Å²) in [5.41, 5.74) is 0.407. The van der Waals surface area contributed by atoms with Crippen LogP contribution in [0.1, 0.15) is 30.4 Å². The van der Waals surface area contributed by atoms with Gasteiger partial charge in [-0.25, -0.2) is 0 Å². The zero-order valence-corrected chi connectivity index (χ0v) is 14.1. The third-order valence-electron chi connectivity index (χ3n) is 6.04. The van der Waals surface area contributed by atoms with Crippen molar-refractivity contribution in [1.29, 1.82) is 0 Å². The van der Waals surface area contributed by atoms with Gasteiger partial charge in [-0.15, -0.1) is 10.1 Å². The fourth-order valence-electron chi connectivity index (χ4n) is 4.79. The van der Waals surface area contributed by atoms with Crippen LogP contribution in [0.15, 0.2) is 60.7 Å². The summed E-state index contributed by atoms with van der Waals surface area (Å²) in [6.45, 7) is 2.92. The predicted octanol–water partition coefficient (Wildman–Crippen LogP) is 3.62. The number of hydrogen-bond acceptors (Lipinski definition) is 4. The summed E-state index contributed by atoms with van der Waals surface area (Å²) in [6, 6.07) is 19.5. The van der Waals surface area contributed by atoms with Gasteiger partial charge >= 0.3 is 0 Å². The molecule has 0 spiro atoms. The van der Waals surface area contributed by atoms with E-state index < -0.39 is 10.7 Å². The van der Waals surface area contributed by atoms with Gasteiger partial charge in [-0.2, -0.15) is 0 Å². The van der Waals surface area contributed by atoms with E-state index in [9.17, 15) is 10.1 Å². The lowest BCUT2D eigenvalue weighted by atomic mass is 9.57. The first kappa shape index (κ1) is 16.1. The van der Waals surface area contributed by atoms with Crippen molar-refractivity contribution in [3.05, 3.63) is 81.9 Å². The van der Waals surface area contributed by atoms with Crippen molar-refractivity contribution < 1.29 is 9.92 Å². The second kappa shape index (κ2) is 6.15. The average molecular weight is 338 g/mol. The van der Waals surface area contributed by atoms with Gasteiger partial charge < -0.3 is 4.90 Å². The van der Waals surface area contributed by atoms with Crippen molar-refractivity contribution in [3.8, 4) is 0 Å². The minimum Gasteiger partial charge on any atom is -0.303 e. The van der Waals surface area contributed by atoms with E-state index in [2.05, 4.69) is 4.90 Å². The number of fused-ring (bicyclic) bond motifs is 3. The van der Waals surface area contributed by atoms with E-state index in [-0.39, 0.29) is 5.41 Å². The van der Waals surface area contributed by atoms with E-state index in [0.29, 0.717) is 0 Å². The van der Waals surface area contributed by atoms with E-state index in [4.69, 9.17) is 4.84 Å². The molecule has 2 aromatic carbocycles. The number of piperidine rings is 3. The van der Waals surface area contributed by atoms with E-state index >= 15 is 0 Å². The Kier molecular flexibility index (Phi) is 3.96. The largest absolute Gasteiger partial charge is 0.303 e. The molecule has 130 valence electrons. The molecule has 5 heteroatoms. The summed E-state index contributed by atoms with van der Waals surface area (Å²) >= 11 is 0. The molecular weight excluding hydrogens is 316 g/mol. The van der Waals surface area contributed by atoms with Gasteiger partial charge in [-0.05, 0) is 50.0 Å². The second-order valence-corrected chi connectivity index (χ2v) is 7.10. The predicted molar refractivity (Wildman–Crippen MR) is 94.5 cm³/mol. The number of nitrogens with zero attached hydrogens (tertiary/aromatic N) is 2. The molecule has 0 N–H and O–H groups in total. The highest BCUT2D eigenvalue weighted by Gasteiger charge is 2.59. The van der Waals surface area contributed by atoms with Crippen LogP contribution >= 0.6 is 0 Å². The SMILES string of the molecule is O=[N+]([O-])OC(c1ccccc1)(c1ccccc1)C12CCN(CC1)CC2. The molecule has 3 heterocycles. The molecular formula is C20H22N2O3. The molecule has 3 fully saturated rings. The molecule has 0 atom stereocenters. The van der Waals surface area contributed by atoms with Crippen LogP contribution in [0.5, 0.6) is 0 Å². The van der Waals surface area contributed by atoms with Gasteiger partial charge in [0.05, 0.1) is 0 Å². The first-order chi connectivity index (χ1) is 12.2. The molecule has 5 rings (SSSR count). The number of benzene rings is 2. The molecule has 0 radical (unpaired) electrons. The van der Waals surface area contributed by atoms with E-state index in [1.807, 2.05) is 60.7 Å². The van der Waals surface area contributed by atoms with Crippen molar-refractivity contribution in [2.75, 3.05) is 19.6 Å². The molecule has 0 amide bonds. The molecule has 5 nitrogen and oxygen atoms in total. The third-order valence-corrected chi connectivity index (χ3v) is 6.04. The maximum absolute atomic E-state index is 11.6. The lowest BCUT2D eigenvalue weighted by molar-refractivity contribution is -0.787. The minimum absolute atomic E-state index is 0.266. The maximum atomic E-state index is 11.6. The molecule has 3 aliphatic heterocycles. The van der Waals surface area contributed by atoms with Crippen molar-refractivity contribution in [2.45, 2.75) is 24.9 Å². The first-order valence-electron chi connectivity index (χ1n) is 8.83.